The van der Waals surface area contributed by atoms with E-state index in [1.807, 2.05) is 6.07 Å². The Kier molecular flexibility index (Phi) is 5.41. The number of ketones is 1. The minimum atomic E-state index is -2.66. The van der Waals surface area contributed by atoms with E-state index in [1.54, 1.807) is 30.3 Å². The van der Waals surface area contributed by atoms with Gasteiger partial charge in [0.25, 0.3) is 5.92 Å². The fourth-order valence-corrected chi connectivity index (χ4v) is 4.69. The summed E-state index contributed by atoms with van der Waals surface area (Å²) in [5.41, 5.74) is 2.66. The molecule has 0 amide bonds. The van der Waals surface area contributed by atoms with E-state index in [1.165, 1.54) is 0 Å². The number of carbonyl (C=O) groups excluding carboxylic acids is 1. The van der Waals surface area contributed by atoms with Crippen molar-refractivity contribution in [1.82, 2.24) is 14.9 Å². The topological polar surface area (TPSA) is 73.1 Å². The Bertz CT molecular complexity index is 997. The second-order valence-electron chi connectivity index (χ2n) is 8.72. The molecule has 0 bridgehead atoms. The molecule has 1 unspecified atom stereocenters. The van der Waals surface area contributed by atoms with Crippen LogP contribution in [-0.4, -0.2) is 58.8 Å². The van der Waals surface area contributed by atoms with Gasteiger partial charge in [0.15, 0.2) is 0 Å². The second-order valence-corrected chi connectivity index (χ2v) is 8.72. The molecular weight excluding hydrogens is 388 g/mol. The summed E-state index contributed by atoms with van der Waals surface area (Å²) in [5.74, 6) is -2.12. The van der Waals surface area contributed by atoms with Crippen molar-refractivity contribution in [3.05, 3.63) is 30.1 Å². The molecule has 2 saturated heterocycles. The summed E-state index contributed by atoms with van der Waals surface area (Å²) in [6.45, 7) is 4.74. The third-order valence-corrected chi connectivity index (χ3v) is 6.18. The van der Waals surface area contributed by atoms with Gasteiger partial charge in [-0.3, -0.25) is 19.7 Å². The number of likely N-dealkylation sites (tertiary alicyclic amines) is 1. The smallest absolute Gasteiger partial charge is 0.272 e. The number of nitriles is 1. The summed E-state index contributed by atoms with van der Waals surface area (Å²) in [6, 6.07) is 5.35. The molecule has 2 aromatic rings. The highest BCUT2D eigenvalue weighted by Crippen LogP contribution is 2.34. The number of anilines is 1. The van der Waals surface area contributed by atoms with Gasteiger partial charge in [0.2, 0.25) is 0 Å². The summed E-state index contributed by atoms with van der Waals surface area (Å²) in [4.78, 5) is 25.3. The molecule has 6 nitrogen and oxygen atoms in total. The minimum absolute atomic E-state index is 0.0222. The summed E-state index contributed by atoms with van der Waals surface area (Å²) >= 11 is 0. The van der Waals surface area contributed by atoms with Gasteiger partial charge in [-0.1, -0.05) is 6.92 Å². The predicted octanol–water partition coefficient (Wildman–Crippen LogP) is 3.26. The van der Waals surface area contributed by atoms with Crippen LogP contribution in [0.15, 0.2) is 24.5 Å². The molecule has 4 rings (SSSR count). The first kappa shape index (κ1) is 20.6. The van der Waals surface area contributed by atoms with Crippen molar-refractivity contribution in [3.63, 3.8) is 0 Å². The Morgan fingerprint density at radius 3 is 2.63 bits per heavy atom. The van der Waals surface area contributed by atoms with Gasteiger partial charge in [0, 0.05) is 31.9 Å². The number of hydrogen-bond acceptors (Lipinski definition) is 6. The first-order chi connectivity index (χ1) is 14.3. The van der Waals surface area contributed by atoms with Crippen LogP contribution in [0.3, 0.4) is 0 Å². The van der Waals surface area contributed by atoms with Crippen LogP contribution < -0.4 is 4.90 Å². The Hall–Kier alpha value is -2.66. The van der Waals surface area contributed by atoms with Crippen molar-refractivity contribution < 1.29 is 13.6 Å². The molecule has 0 spiro atoms. The lowest BCUT2D eigenvalue weighted by Crippen LogP contribution is -2.61. The average Bonchev–Trinajstić information content (AvgIpc) is 2.70. The van der Waals surface area contributed by atoms with Crippen LogP contribution in [0.25, 0.3) is 11.0 Å². The molecule has 8 heteroatoms. The van der Waals surface area contributed by atoms with E-state index in [9.17, 15) is 18.8 Å². The Labute approximate surface area is 174 Å². The molecule has 30 heavy (non-hydrogen) atoms. The quantitative estimate of drug-likeness (QED) is 0.749. The lowest BCUT2D eigenvalue weighted by atomic mass is 9.85. The van der Waals surface area contributed by atoms with Crippen LogP contribution in [0.5, 0.6) is 0 Å². The Balaban J connectivity index is 1.50. The number of halogens is 2. The molecule has 3 heterocycles. The number of hydrogen-bond donors (Lipinski definition) is 0. The van der Waals surface area contributed by atoms with Gasteiger partial charge in [-0.2, -0.15) is 5.26 Å². The van der Waals surface area contributed by atoms with E-state index < -0.39 is 12.0 Å². The summed E-state index contributed by atoms with van der Waals surface area (Å²) in [5, 5.41) is 9.35. The van der Waals surface area contributed by atoms with Gasteiger partial charge in [-0.15, -0.1) is 0 Å². The molecule has 0 N–H and O–H groups in total. The standard InChI is InChI=1S/C22H25F2N5O/c1-14-7-16(8-19(30)15(2)29-12-22(23,24)13-29)11-28(10-14)18-4-3-17(9-25)20-21(18)27-6-5-26-20/h3-6,14-16H,7-8,10-13H2,1-2H3/t14-,15?,16-/m0/s1. The van der Waals surface area contributed by atoms with Crippen molar-refractivity contribution in [1.29, 1.82) is 5.26 Å². The number of carbonyl (C=O) groups is 1. The summed E-state index contributed by atoms with van der Waals surface area (Å²) in [7, 11) is 0. The molecule has 2 aliphatic heterocycles. The summed E-state index contributed by atoms with van der Waals surface area (Å²) < 4.78 is 26.3. The second kappa shape index (κ2) is 7.88. The number of fused-ring (bicyclic) bond motifs is 1. The van der Waals surface area contributed by atoms with Gasteiger partial charge in [0.05, 0.1) is 30.4 Å². The maximum Gasteiger partial charge on any atom is 0.272 e. The monoisotopic (exact) mass is 413 g/mol. The van der Waals surface area contributed by atoms with E-state index in [-0.39, 0.29) is 24.8 Å². The fraction of sp³-hybridized carbons (Fsp3) is 0.545. The molecule has 0 radical (unpaired) electrons. The largest absolute Gasteiger partial charge is 0.369 e. The number of nitrogens with zero attached hydrogens (tertiary/aromatic N) is 5. The van der Waals surface area contributed by atoms with Crippen LogP contribution >= 0.6 is 0 Å². The van der Waals surface area contributed by atoms with Gasteiger partial charge >= 0.3 is 0 Å². The van der Waals surface area contributed by atoms with Gasteiger partial charge in [-0.25, -0.2) is 8.78 Å². The predicted molar refractivity (Wildman–Crippen MR) is 109 cm³/mol. The maximum absolute atomic E-state index is 13.2. The van der Waals surface area contributed by atoms with Crippen LogP contribution in [0.4, 0.5) is 14.5 Å². The number of aromatic nitrogens is 2. The Morgan fingerprint density at radius 2 is 1.97 bits per heavy atom. The lowest BCUT2D eigenvalue weighted by molar-refractivity contribution is -0.155. The zero-order valence-corrected chi connectivity index (χ0v) is 17.2. The molecule has 1 aromatic heterocycles. The van der Waals surface area contributed by atoms with E-state index in [0.29, 0.717) is 35.5 Å². The molecule has 0 aliphatic carbocycles. The first-order valence-electron chi connectivity index (χ1n) is 10.3. The van der Waals surface area contributed by atoms with Crippen molar-refractivity contribution in [3.8, 4) is 6.07 Å². The summed E-state index contributed by atoms with van der Waals surface area (Å²) in [6.07, 6.45) is 4.49. The van der Waals surface area contributed by atoms with Crippen LogP contribution in [0, 0.1) is 23.2 Å². The molecule has 1 aromatic carbocycles. The highest BCUT2D eigenvalue weighted by Gasteiger charge is 2.47. The zero-order valence-electron chi connectivity index (χ0n) is 17.2. The highest BCUT2D eigenvalue weighted by molar-refractivity contribution is 5.92. The third kappa shape index (κ3) is 3.99. The highest BCUT2D eigenvalue weighted by atomic mass is 19.3. The normalized spacial score (nSPS) is 24.8. The third-order valence-electron chi connectivity index (χ3n) is 6.18. The maximum atomic E-state index is 13.2. The van der Waals surface area contributed by atoms with Gasteiger partial charge in [-0.05, 0) is 37.3 Å². The van der Waals surface area contributed by atoms with Crippen molar-refractivity contribution >= 4 is 22.5 Å². The number of benzene rings is 1. The van der Waals surface area contributed by atoms with Crippen LogP contribution in [0.1, 0.15) is 32.3 Å². The van der Waals surface area contributed by atoms with Gasteiger partial charge in [0.1, 0.15) is 22.9 Å². The lowest BCUT2D eigenvalue weighted by Gasteiger charge is -2.43. The van der Waals surface area contributed by atoms with Crippen molar-refractivity contribution in [2.45, 2.75) is 38.7 Å². The number of piperidine rings is 1. The number of Topliss-reactive ketones (excluding diaryl/α,β-unsaturated/α-hetero) is 1. The SMILES string of the molecule is CC(C(=O)C[C@@H]1C[C@H](C)CN(c2ccc(C#N)c3nccnc23)C1)N1CC(F)(F)C1. The van der Waals surface area contributed by atoms with Crippen molar-refractivity contribution in [2.24, 2.45) is 11.8 Å². The van der Waals surface area contributed by atoms with Crippen molar-refractivity contribution in [2.75, 3.05) is 31.1 Å². The fourth-order valence-electron chi connectivity index (χ4n) is 4.69. The molecule has 0 saturated carbocycles. The van der Waals surface area contributed by atoms with E-state index in [0.717, 1.165) is 18.7 Å². The Morgan fingerprint density at radius 1 is 1.27 bits per heavy atom. The molecule has 158 valence electrons. The molecule has 2 fully saturated rings. The zero-order chi connectivity index (χ0) is 21.5. The molecule has 2 aliphatic rings. The van der Waals surface area contributed by atoms with Crippen LogP contribution in [0.2, 0.25) is 0 Å². The molecule has 3 atom stereocenters. The van der Waals surface area contributed by atoms with E-state index in [2.05, 4.69) is 27.9 Å². The van der Waals surface area contributed by atoms with Crippen LogP contribution in [-0.2, 0) is 4.79 Å². The average molecular weight is 413 g/mol. The number of rotatable bonds is 5. The van der Waals surface area contributed by atoms with E-state index in [4.69, 9.17) is 0 Å². The van der Waals surface area contributed by atoms with E-state index >= 15 is 0 Å². The minimum Gasteiger partial charge on any atom is -0.369 e. The van der Waals surface area contributed by atoms with Gasteiger partial charge < -0.3 is 4.90 Å². The number of alkyl halides is 2. The first-order valence-corrected chi connectivity index (χ1v) is 10.3. The molecular formula is C22H25F2N5O.